The van der Waals surface area contributed by atoms with Gasteiger partial charge in [-0.3, -0.25) is 9.69 Å². The van der Waals surface area contributed by atoms with Crippen LogP contribution in [0.15, 0.2) is 33.7 Å². The van der Waals surface area contributed by atoms with Crippen LogP contribution in [0.5, 0.6) is 0 Å². The highest BCUT2D eigenvalue weighted by Crippen LogP contribution is 2.30. The van der Waals surface area contributed by atoms with Crippen molar-refractivity contribution < 1.29 is 17.7 Å². The first-order valence-electron chi connectivity index (χ1n) is 8.15. The van der Waals surface area contributed by atoms with Gasteiger partial charge in [0, 0.05) is 25.2 Å². The first-order chi connectivity index (χ1) is 12.2. The summed E-state index contributed by atoms with van der Waals surface area (Å²) in [5.74, 6) is 0.832. The average Bonchev–Trinajstić information content (AvgIpc) is 3.12. The number of nitrogens with one attached hydrogen (secondary N) is 2. The number of anilines is 1. The van der Waals surface area contributed by atoms with E-state index in [1.54, 1.807) is 19.1 Å². The molecular formula is C16H21N5O4S. The number of likely N-dealkylation sites (tertiary alicyclic amines) is 1. The normalized spacial score (nSPS) is 21.0. The second-order valence-corrected chi connectivity index (χ2v) is 8.11. The number of sulfonamides is 1. The van der Waals surface area contributed by atoms with Crippen molar-refractivity contribution >= 4 is 21.6 Å². The molecule has 2 heterocycles. The van der Waals surface area contributed by atoms with E-state index in [1.165, 1.54) is 19.1 Å². The van der Waals surface area contributed by atoms with E-state index in [0.717, 1.165) is 0 Å². The standard InChI is InChI=1S/C16H21N5O4S/c1-10-17-16(25-19-10)15-8-13(9-21(15)3)20-26(23,24)14-6-4-12(5-7-14)18-11(2)22/h4-7,13,15,20H,8-9H2,1-3H3,(H,18,22)/t13-,15-/m0/s1. The second-order valence-electron chi connectivity index (χ2n) is 6.39. The van der Waals surface area contributed by atoms with Gasteiger partial charge in [-0.2, -0.15) is 4.98 Å². The largest absolute Gasteiger partial charge is 0.338 e. The number of hydrogen-bond donors (Lipinski definition) is 2. The zero-order valence-corrected chi connectivity index (χ0v) is 15.6. The monoisotopic (exact) mass is 379 g/mol. The SMILES string of the molecule is CC(=O)Nc1ccc(S(=O)(=O)N[C@H]2C[C@@H](c3nc(C)no3)N(C)C2)cc1. The molecule has 0 bridgehead atoms. The fraction of sp³-hybridized carbons (Fsp3) is 0.438. The van der Waals surface area contributed by atoms with E-state index in [9.17, 15) is 13.2 Å². The van der Waals surface area contributed by atoms with Crippen LogP contribution in [0.2, 0.25) is 0 Å². The summed E-state index contributed by atoms with van der Waals surface area (Å²) < 4.78 is 33.1. The van der Waals surface area contributed by atoms with E-state index in [2.05, 4.69) is 20.2 Å². The van der Waals surface area contributed by atoms with Crippen molar-refractivity contribution in [3.63, 3.8) is 0 Å². The minimum absolute atomic E-state index is 0.119. The van der Waals surface area contributed by atoms with Crippen LogP contribution in [-0.4, -0.2) is 49.0 Å². The maximum absolute atomic E-state index is 12.6. The highest BCUT2D eigenvalue weighted by Gasteiger charge is 2.36. The van der Waals surface area contributed by atoms with Crippen LogP contribution in [0, 0.1) is 6.92 Å². The van der Waals surface area contributed by atoms with Crippen molar-refractivity contribution in [1.82, 2.24) is 19.8 Å². The Labute approximate surface area is 151 Å². The molecule has 0 unspecified atom stereocenters. The van der Waals surface area contributed by atoms with Crippen LogP contribution in [0.3, 0.4) is 0 Å². The van der Waals surface area contributed by atoms with Crippen molar-refractivity contribution in [1.29, 1.82) is 0 Å². The topological polar surface area (TPSA) is 117 Å². The van der Waals surface area contributed by atoms with Gasteiger partial charge in [0.05, 0.1) is 10.9 Å². The zero-order valence-electron chi connectivity index (χ0n) is 14.8. The fourth-order valence-electron chi connectivity index (χ4n) is 3.03. The van der Waals surface area contributed by atoms with E-state index in [1.807, 2.05) is 11.9 Å². The molecule has 1 aromatic heterocycles. The zero-order chi connectivity index (χ0) is 18.9. The Bertz CT molecular complexity index is 894. The van der Waals surface area contributed by atoms with Crippen LogP contribution >= 0.6 is 0 Å². The molecule has 3 rings (SSSR count). The molecule has 26 heavy (non-hydrogen) atoms. The molecule has 1 amide bonds. The first-order valence-corrected chi connectivity index (χ1v) is 9.63. The number of aryl methyl sites for hydroxylation is 1. The Morgan fingerprint density at radius 1 is 1.31 bits per heavy atom. The van der Waals surface area contributed by atoms with Crippen LogP contribution < -0.4 is 10.0 Å². The molecule has 9 nitrogen and oxygen atoms in total. The van der Waals surface area contributed by atoms with E-state index >= 15 is 0 Å². The van der Waals surface area contributed by atoms with Gasteiger partial charge in [0.15, 0.2) is 5.82 Å². The molecule has 1 aliphatic rings. The third-order valence-electron chi connectivity index (χ3n) is 4.18. The molecule has 0 aliphatic carbocycles. The Morgan fingerprint density at radius 3 is 2.58 bits per heavy atom. The van der Waals surface area contributed by atoms with Gasteiger partial charge in [-0.05, 0) is 44.7 Å². The summed E-state index contributed by atoms with van der Waals surface area (Å²) in [6.45, 7) is 3.67. The van der Waals surface area contributed by atoms with Gasteiger partial charge in [-0.25, -0.2) is 13.1 Å². The number of benzene rings is 1. The molecule has 10 heteroatoms. The molecule has 0 spiro atoms. The summed E-state index contributed by atoms with van der Waals surface area (Å²) >= 11 is 0. The van der Waals surface area contributed by atoms with Gasteiger partial charge in [0.1, 0.15) is 0 Å². The smallest absolute Gasteiger partial charge is 0.244 e. The summed E-state index contributed by atoms with van der Waals surface area (Å²) in [5.41, 5.74) is 0.545. The Kier molecular flexibility index (Phi) is 5.08. The van der Waals surface area contributed by atoms with Gasteiger partial charge >= 0.3 is 0 Å². The number of amides is 1. The lowest BCUT2D eigenvalue weighted by Crippen LogP contribution is -2.36. The molecule has 2 N–H and O–H groups in total. The Morgan fingerprint density at radius 2 is 2.00 bits per heavy atom. The quantitative estimate of drug-likeness (QED) is 0.797. The molecule has 1 saturated heterocycles. The number of hydrogen-bond acceptors (Lipinski definition) is 7. The molecule has 1 aliphatic heterocycles. The summed E-state index contributed by atoms with van der Waals surface area (Å²) in [6.07, 6.45) is 0.543. The predicted molar refractivity (Wildman–Crippen MR) is 93.9 cm³/mol. The van der Waals surface area contributed by atoms with E-state index in [-0.39, 0.29) is 22.9 Å². The third-order valence-corrected chi connectivity index (χ3v) is 5.72. The van der Waals surface area contributed by atoms with E-state index < -0.39 is 10.0 Å². The van der Waals surface area contributed by atoms with Crippen LogP contribution in [-0.2, 0) is 14.8 Å². The van der Waals surface area contributed by atoms with E-state index in [0.29, 0.717) is 30.4 Å². The molecular weight excluding hydrogens is 358 g/mol. The maximum Gasteiger partial charge on any atom is 0.244 e. The molecule has 1 aromatic carbocycles. The predicted octanol–water partition coefficient (Wildman–Crippen LogP) is 1.06. The van der Waals surface area contributed by atoms with Crippen molar-refractivity contribution in [2.24, 2.45) is 0 Å². The summed E-state index contributed by atoms with van der Waals surface area (Å²) in [5, 5.41) is 6.39. The summed E-state index contributed by atoms with van der Waals surface area (Å²) in [6, 6.07) is 5.65. The minimum atomic E-state index is -3.67. The highest BCUT2D eigenvalue weighted by molar-refractivity contribution is 7.89. The summed E-state index contributed by atoms with van der Waals surface area (Å²) in [4.78, 5) is 17.4. The fourth-order valence-corrected chi connectivity index (χ4v) is 4.27. The van der Waals surface area contributed by atoms with Crippen molar-refractivity contribution in [3.05, 3.63) is 36.0 Å². The number of carbonyl (C=O) groups is 1. The second kappa shape index (κ2) is 7.14. The number of aromatic nitrogens is 2. The molecule has 2 aromatic rings. The van der Waals surface area contributed by atoms with Crippen molar-refractivity contribution in [2.45, 2.75) is 37.2 Å². The number of rotatable bonds is 5. The maximum atomic E-state index is 12.6. The van der Waals surface area contributed by atoms with Crippen molar-refractivity contribution in [2.75, 3.05) is 18.9 Å². The molecule has 1 fully saturated rings. The average molecular weight is 379 g/mol. The Balaban J connectivity index is 1.69. The Hall–Kier alpha value is -2.30. The van der Waals surface area contributed by atoms with Gasteiger partial charge in [-0.15, -0.1) is 0 Å². The van der Waals surface area contributed by atoms with E-state index in [4.69, 9.17) is 4.52 Å². The van der Waals surface area contributed by atoms with Crippen molar-refractivity contribution in [3.8, 4) is 0 Å². The lowest BCUT2D eigenvalue weighted by Gasteiger charge is -2.14. The van der Waals surface area contributed by atoms with Crippen LogP contribution in [0.1, 0.15) is 31.1 Å². The molecule has 0 saturated carbocycles. The van der Waals surface area contributed by atoms with Crippen LogP contribution in [0.25, 0.3) is 0 Å². The molecule has 2 atom stereocenters. The van der Waals surface area contributed by atoms with Gasteiger partial charge in [-0.1, -0.05) is 5.16 Å². The highest BCUT2D eigenvalue weighted by atomic mass is 32.2. The number of carbonyl (C=O) groups excluding carboxylic acids is 1. The number of nitrogens with zero attached hydrogens (tertiary/aromatic N) is 3. The third kappa shape index (κ3) is 4.09. The molecule has 0 radical (unpaired) electrons. The summed E-state index contributed by atoms with van der Waals surface area (Å²) in [7, 11) is -1.78. The van der Waals surface area contributed by atoms with Gasteiger partial charge in [0.25, 0.3) is 0 Å². The van der Waals surface area contributed by atoms with Crippen LogP contribution in [0.4, 0.5) is 5.69 Å². The first kappa shape index (κ1) is 18.5. The lowest BCUT2D eigenvalue weighted by molar-refractivity contribution is -0.114. The minimum Gasteiger partial charge on any atom is -0.338 e. The van der Waals surface area contributed by atoms with Gasteiger partial charge < -0.3 is 9.84 Å². The lowest BCUT2D eigenvalue weighted by atomic mass is 10.2. The van der Waals surface area contributed by atoms with Gasteiger partial charge in [0.2, 0.25) is 21.8 Å². The molecule has 140 valence electrons. The number of likely N-dealkylation sites (N-methyl/N-ethyl adjacent to an activating group) is 1.